The van der Waals surface area contributed by atoms with Gasteiger partial charge in [-0.15, -0.1) is 0 Å². The largest absolute Gasteiger partial charge is 0.343 e. The fraction of sp³-hybridized carbons (Fsp3) is 0.207. The second kappa shape index (κ2) is 43.9. The van der Waals surface area contributed by atoms with Crippen LogP contribution < -0.4 is 21.3 Å². The molecule has 0 atom stereocenters. The van der Waals surface area contributed by atoms with E-state index in [1.807, 2.05) is 0 Å². The average molecular weight is 1640 g/mol. The summed E-state index contributed by atoms with van der Waals surface area (Å²) in [6, 6.07) is 163. The number of nitrogens with zero attached hydrogens (tertiary/aromatic N) is 3. The Kier molecular flexibility index (Phi) is 30.5. The third-order valence-corrected chi connectivity index (χ3v) is 25.1. The second-order valence-electron chi connectivity index (χ2n) is 32.6. The van der Waals surface area contributed by atoms with Crippen molar-refractivity contribution in [3.05, 3.63) is 538 Å². The zero-order valence-corrected chi connectivity index (χ0v) is 71.9. The van der Waals surface area contributed by atoms with E-state index in [4.69, 9.17) is 0 Å². The van der Waals surface area contributed by atoms with Gasteiger partial charge in [0, 0.05) is 45.6 Å². The molecule has 0 saturated heterocycles. The molecule has 2 amide bonds. The molecule has 0 unspecified atom stereocenters. The van der Waals surface area contributed by atoms with Crippen LogP contribution in [0.15, 0.2) is 455 Å². The van der Waals surface area contributed by atoms with Crippen molar-refractivity contribution in [1.29, 1.82) is 0 Å². The lowest BCUT2D eigenvalue weighted by Gasteiger charge is -2.46. The summed E-state index contributed by atoms with van der Waals surface area (Å²) in [6.45, 7) is 6.05. The lowest BCUT2D eigenvalue weighted by atomic mass is 9.75. The van der Waals surface area contributed by atoms with Crippen LogP contribution >= 0.6 is 0 Å². The third kappa shape index (κ3) is 20.1. The van der Waals surface area contributed by atoms with Gasteiger partial charge in [0.2, 0.25) is 11.8 Å². The van der Waals surface area contributed by atoms with E-state index >= 15 is 9.59 Å². The van der Waals surface area contributed by atoms with Crippen molar-refractivity contribution in [3.63, 3.8) is 0 Å². The van der Waals surface area contributed by atoms with E-state index < -0.39 is 27.7 Å². The smallest absolute Gasteiger partial charge is 0.223 e. The number of benzene rings is 15. The van der Waals surface area contributed by atoms with E-state index in [1.54, 1.807) is 0 Å². The molecule has 4 N–H and O–H groups in total. The summed E-state index contributed by atoms with van der Waals surface area (Å²) in [5, 5.41) is 16.6. The summed E-state index contributed by atoms with van der Waals surface area (Å²) < 4.78 is 0. The van der Waals surface area contributed by atoms with E-state index in [1.165, 1.54) is 33.4 Å². The van der Waals surface area contributed by atoms with Gasteiger partial charge < -0.3 is 9.80 Å². The quantitative estimate of drug-likeness (QED) is 0.0223. The molecule has 0 saturated carbocycles. The first-order valence-electron chi connectivity index (χ1n) is 45.0. The van der Waals surface area contributed by atoms with Crippen molar-refractivity contribution in [2.75, 3.05) is 65.4 Å². The van der Waals surface area contributed by atoms with Crippen molar-refractivity contribution in [1.82, 2.24) is 36.0 Å². The minimum atomic E-state index is -0.715. The summed E-state index contributed by atoms with van der Waals surface area (Å²) in [6.07, 6.45) is 5.34. The molecule has 0 heterocycles. The molecule has 0 aliphatic rings. The molecule has 0 fully saturated rings. The molecule has 15 rings (SSSR count). The number of carbonyl (C=O) groups is 2. The molecule has 0 aromatic heterocycles. The van der Waals surface area contributed by atoms with E-state index in [2.05, 4.69) is 491 Å². The van der Waals surface area contributed by atoms with Gasteiger partial charge >= 0.3 is 0 Å². The molecule has 125 heavy (non-hydrogen) atoms. The minimum absolute atomic E-state index is 0.0170. The van der Waals surface area contributed by atoms with Crippen LogP contribution in [0.5, 0.6) is 0 Å². The van der Waals surface area contributed by atoms with E-state index in [-0.39, 0.29) is 24.7 Å². The van der Waals surface area contributed by atoms with Crippen LogP contribution in [-0.4, -0.2) is 92.0 Å². The van der Waals surface area contributed by atoms with Crippen LogP contribution in [0.3, 0.4) is 0 Å². The number of amides is 2. The Morgan fingerprint density at radius 2 is 0.320 bits per heavy atom. The monoisotopic (exact) mass is 1640 g/mol. The summed E-state index contributed by atoms with van der Waals surface area (Å²) in [4.78, 5) is 38.6. The number of hydrogen-bond donors (Lipinski definition) is 4. The first kappa shape index (κ1) is 87.0. The Morgan fingerprint density at radius 3 is 0.520 bits per heavy atom. The van der Waals surface area contributed by atoms with Crippen molar-refractivity contribution >= 4 is 11.8 Å². The molecule has 9 heteroatoms. The fourth-order valence-corrected chi connectivity index (χ4v) is 19.2. The minimum Gasteiger partial charge on any atom is -0.343 e. The van der Waals surface area contributed by atoms with Gasteiger partial charge in [-0.2, -0.15) is 0 Å². The molecule has 15 aromatic carbocycles. The predicted octanol–water partition coefficient (Wildman–Crippen LogP) is 22.8. The predicted molar refractivity (Wildman–Crippen MR) is 514 cm³/mol. The van der Waals surface area contributed by atoms with Crippen molar-refractivity contribution in [2.45, 2.75) is 85.5 Å². The Labute approximate surface area is 742 Å². The van der Waals surface area contributed by atoms with Crippen molar-refractivity contribution < 1.29 is 9.59 Å². The Balaban J connectivity index is 0.729. The van der Waals surface area contributed by atoms with Gasteiger partial charge in [-0.1, -0.05) is 455 Å². The van der Waals surface area contributed by atoms with Gasteiger partial charge in [0.05, 0.1) is 27.7 Å². The van der Waals surface area contributed by atoms with Gasteiger partial charge in [0.1, 0.15) is 0 Å². The maximum Gasteiger partial charge on any atom is 0.223 e. The molecule has 15 aromatic rings. The third-order valence-electron chi connectivity index (χ3n) is 25.1. The molecular weight excluding hydrogens is 1520 g/mol. The lowest BCUT2D eigenvalue weighted by molar-refractivity contribution is -0.137. The highest BCUT2D eigenvalue weighted by Gasteiger charge is 2.44. The van der Waals surface area contributed by atoms with E-state index in [9.17, 15) is 0 Å². The van der Waals surface area contributed by atoms with Crippen LogP contribution in [0.2, 0.25) is 0 Å². The average Bonchev–Trinajstić information content (AvgIpc) is 0.709. The highest BCUT2D eigenvalue weighted by atomic mass is 16.2. The molecule has 0 bridgehead atoms. The van der Waals surface area contributed by atoms with Crippen LogP contribution in [0.1, 0.15) is 141 Å². The van der Waals surface area contributed by atoms with Gasteiger partial charge in [-0.05, 0) is 161 Å². The highest BCUT2D eigenvalue weighted by molar-refractivity contribution is 5.84. The summed E-state index contributed by atoms with van der Waals surface area (Å²) in [7, 11) is 0. The summed E-state index contributed by atoms with van der Waals surface area (Å²) >= 11 is 0. The number of nitrogens with one attached hydrogen (secondary N) is 4. The van der Waals surface area contributed by atoms with Gasteiger partial charge in [0.15, 0.2) is 0 Å². The van der Waals surface area contributed by atoms with Crippen molar-refractivity contribution in [3.8, 4) is 0 Å². The zero-order valence-electron chi connectivity index (χ0n) is 71.9. The molecule has 0 aliphatic carbocycles. The molecular formula is C116H117N7O2. The normalized spacial score (nSPS) is 11.9. The van der Waals surface area contributed by atoms with Crippen LogP contribution in [0, 0.1) is 0 Å². The molecule has 0 spiro atoms. The number of carbonyl (C=O) groups excluding carboxylic acids is 2. The molecule has 0 aliphatic heterocycles. The molecule has 9 nitrogen and oxygen atoms in total. The van der Waals surface area contributed by atoms with Gasteiger partial charge in [-0.3, -0.25) is 35.8 Å². The Morgan fingerprint density at radius 1 is 0.176 bits per heavy atom. The topological polar surface area (TPSA) is 92.0 Å². The SMILES string of the molecule is O=C(CCC(=O)N(CCCCN(CCCNC(c1ccccc1)(c1ccccc1)c1ccccc1)C(c1ccccc1)(c1ccccc1)c1ccccc1)CCCNC(c1ccccc1)(c1ccccc1)c1ccccc1)N(CCCCNC(c1ccccc1)(c1ccccc1)c1ccccc1)CCCNC(c1ccccc1)(c1ccccc1)c1ccccc1. The first-order chi connectivity index (χ1) is 61.9. The summed E-state index contributed by atoms with van der Waals surface area (Å²) in [5.74, 6) is -0.0346. The van der Waals surface area contributed by atoms with Crippen LogP contribution in [0.25, 0.3) is 0 Å². The van der Waals surface area contributed by atoms with Crippen LogP contribution in [0.4, 0.5) is 0 Å². The van der Waals surface area contributed by atoms with Gasteiger partial charge in [-0.25, -0.2) is 0 Å². The fourth-order valence-electron chi connectivity index (χ4n) is 19.2. The van der Waals surface area contributed by atoms with E-state index in [0.29, 0.717) is 71.7 Å². The van der Waals surface area contributed by atoms with Crippen LogP contribution in [-0.2, 0) is 37.3 Å². The standard InChI is InChI=1S/C116H117N7O2/c124-110(121(91-50-86-118-113(98-59-22-4-23-60-98,99-61-24-5-25-62-99)100-63-26-6-27-64-100)89-47-46-85-117-112(95-53-16-1-17-54-95,96-55-18-2-19-56-96)97-57-20-3-21-58-97)83-84-111(125)122(92-51-87-119-114(101-65-28-7-29-66-101,102-67-30-8-31-68-102)103-69-32-9-33-70-103)90-48-49-93-123(116(107-77-40-13-41-78-107,108-79-42-14-43-80-108)109-81-44-15-45-82-109)94-52-88-120-115(104-71-34-10-35-72-104,105-73-36-11-37-74-105)106-75-38-12-39-76-106/h1-45,53-82,117-120H,46-52,83-94H2. The Hall–Kier alpha value is -13.0. The highest BCUT2D eigenvalue weighted by Crippen LogP contribution is 2.45. The maximum atomic E-state index is 15.9. The van der Waals surface area contributed by atoms with Gasteiger partial charge in [0.25, 0.3) is 0 Å². The molecule has 628 valence electrons. The second-order valence-corrected chi connectivity index (χ2v) is 32.6. The lowest BCUT2D eigenvalue weighted by Crippen LogP contribution is -2.50. The van der Waals surface area contributed by atoms with E-state index in [0.717, 1.165) is 88.7 Å². The number of unbranched alkanes of at least 4 members (excludes halogenated alkanes) is 2. The zero-order chi connectivity index (χ0) is 85.3. The molecule has 0 radical (unpaired) electrons. The first-order valence-corrected chi connectivity index (χ1v) is 45.0. The van der Waals surface area contributed by atoms with Crippen molar-refractivity contribution in [2.24, 2.45) is 0 Å². The summed E-state index contributed by atoms with van der Waals surface area (Å²) in [5.41, 5.74) is 13.9. The Bertz CT molecular complexity index is 5140. The maximum absolute atomic E-state index is 15.9. The number of rotatable bonds is 45. The number of hydrogen-bond acceptors (Lipinski definition) is 7.